The Labute approximate surface area is 256 Å². The third-order valence-electron chi connectivity index (χ3n) is 0. The molecule has 0 aromatic carbocycles. The van der Waals surface area contributed by atoms with E-state index < -0.39 is 93.6 Å². The molecule has 0 spiro atoms. The fraction of sp³-hybridized carbons (Fsp3) is 0. The Kier molecular flexibility index (Phi) is 44.4. The topological polar surface area (TPSA) is 706 Å². The molecule has 0 aliphatic rings. The molecular formula is H21NO36S9. The number of rotatable bonds is 0. The Morgan fingerprint density at radius 1 is 0.152 bits per heavy atom. The van der Waals surface area contributed by atoms with Crippen LogP contribution in [0.5, 0.6) is 0 Å². The van der Waals surface area contributed by atoms with Crippen molar-refractivity contribution in [2.24, 2.45) is 0 Å². The van der Waals surface area contributed by atoms with Gasteiger partial charge in [-0.2, -0.15) is 75.8 Å². The summed E-state index contributed by atoms with van der Waals surface area (Å²) in [5, 5.41) is 0. The van der Waals surface area contributed by atoms with Crippen LogP contribution in [-0.4, -0.2) is 158 Å². The lowest BCUT2D eigenvalue weighted by Crippen LogP contribution is -1.89. The van der Waals surface area contributed by atoms with Crippen LogP contribution in [0.25, 0.3) is 0 Å². The SMILES string of the molecule is N.O=S(=O)(O)O.O=S(=O)(O)O.O=S(=O)(O)O.O=S(=O)(O)O.O=S(=O)(O)O.O=S(=O)(O)O.O=S(=O)(O)O.O=S(=O)(O)O.O=S(=O)(O)O. The van der Waals surface area contributed by atoms with Crippen LogP contribution in [0.1, 0.15) is 0 Å². The minimum absolute atomic E-state index is 0. The lowest BCUT2D eigenvalue weighted by Gasteiger charge is -1.68. The molecule has 296 valence electrons. The van der Waals surface area contributed by atoms with Crippen LogP contribution in [0.3, 0.4) is 0 Å². The van der Waals surface area contributed by atoms with Crippen molar-refractivity contribution in [2.45, 2.75) is 0 Å². The van der Waals surface area contributed by atoms with Crippen molar-refractivity contribution in [3.63, 3.8) is 0 Å². The van der Waals surface area contributed by atoms with Crippen molar-refractivity contribution in [3.05, 3.63) is 0 Å². The van der Waals surface area contributed by atoms with Crippen LogP contribution in [0.2, 0.25) is 0 Å². The van der Waals surface area contributed by atoms with Gasteiger partial charge in [0.05, 0.1) is 0 Å². The molecule has 0 saturated heterocycles. The molecule has 0 radical (unpaired) electrons. The first-order valence-corrected chi connectivity index (χ1v) is 18.9. The molecule has 37 nitrogen and oxygen atoms in total. The minimum atomic E-state index is -4.67. The molecule has 0 amide bonds. The van der Waals surface area contributed by atoms with Crippen LogP contribution in [-0.2, 0) is 93.6 Å². The molecule has 0 unspecified atom stereocenters. The molecule has 0 fully saturated rings. The van der Waals surface area contributed by atoms with E-state index >= 15 is 0 Å². The highest BCUT2D eigenvalue weighted by atomic mass is 32.3. The summed E-state index contributed by atoms with van der Waals surface area (Å²) in [6.45, 7) is 0. The Morgan fingerprint density at radius 3 is 0.152 bits per heavy atom. The predicted octanol–water partition coefficient (Wildman–Crippen LogP) is -5.71. The van der Waals surface area contributed by atoms with Gasteiger partial charge in [-0.3, -0.25) is 81.9 Å². The first-order chi connectivity index (χ1) is 18.0. The molecule has 0 aromatic heterocycles. The number of hydrogen-bond donors (Lipinski definition) is 19. The molecular weight excluding hydrogens is 879 g/mol. The average Bonchev–Trinajstić information content (AvgIpc) is 2.26. The lowest BCUT2D eigenvalue weighted by atomic mass is 14.0. The third-order valence-corrected chi connectivity index (χ3v) is 0. The van der Waals surface area contributed by atoms with Crippen molar-refractivity contribution in [1.82, 2.24) is 6.15 Å². The van der Waals surface area contributed by atoms with Crippen molar-refractivity contribution < 1.29 is 158 Å². The van der Waals surface area contributed by atoms with Gasteiger partial charge in [0.15, 0.2) is 0 Å². The highest BCUT2D eigenvalue weighted by Gasteiger charge is 1.88. The number of hydrogen-bond acceptors (Lipinski definition) is 19. The molecule has 21 N–H and O–H groups in total. The van der Waals surface area contributed by atoms with Crippen LogP contribution in [0.15, 0.2) is 0 Å². The van der Waals surface area contributed by atoms with E-state index in [2.05, 4.69) is 0 Å². The van der Waals surface area contributed by atoms with Gasteiger partial charge >= 0.3 is 93.6 Å². The predicted molar refractivity (Wildman–Crippen MR) is 133 cm³/mol. The largest absolute Gasteiger partial charge is 0.394 e. The highest BCUT2D eigenvalue weighted by molar-refractivity contribution is 7.81. The van der Waals surface area contributed by atoms with E-state index in [4.69, 9.17) is 158 Å². The molecule has 0 rings (SSSR count). The zero-order valence-corrected chi connectivity index (χ0v) is 27.1. The van der Waals surface area contributed by atoms with Crippen molar-refractivity contribution in [3.8, 4) is 0 Å². The maximum absolute atomic E-state index is 8.74. The maximum atomic E-state index is 8.74. The Balaban J connectivity index is -0.0000000395. The quantitative estimate of drug-likeness (QED) is 0.101. The van der Waals surface area contributed by atoms with Gasteiger partial charge in [-0.1, -0.05) is 0 Å². The van der Waals surface area contributed by atoms with E-state index in [0.29, 0.717) is 0 Å². The Bertz CT molecular complexity index is 1220. The molecule has 0 heterocycles. The summed E-state index contributed by atoms with van der Waals surface area (Å²) >= 11 is 0. The minimum Gasteiger partial charge on any atom is -0.344 e. The van der Waals surface area contributed by atoms with Crippen LogP contribution >= 0.6 is 0 Å². The van der Waals surface area contributed by atoms with Crippen molar-refractivity contribution in [1.29, 1.82) is 0 Å². The average molecular weight is 900 g/mol. The molecule has 0 aromatic rings. The van der Waals surface area contributed by atoms with Crippen molar-refractivity contribution in [2.75, 3.05) is 0 Å². The molecule has 0 atom stereocenters. The second kappa shape index (κ2) is 28.8. The molecule has 0 saturated carbocycles. The summed E-state index contributed by atoms with van der Waals surface area (Å²) in [6, 6.07) is 0. The smallest absolute Gasteiger partial charge is 0.344 e. The lowest BCUT2D eigenvalue weighted by molar-refractivity contribution is 0.378. The second-order valence-electron chi connectivity index (χ2n) is 4.03. The van der Waals surface area contributed by atoms with Gasteiger partial charge in [-0.05, 0) is 0 Å². The van der Waals surface area contributed by atoms with Crippen LogP contribution < -0.4 is 6.15 Å². The van der Waals surface area contributed by atoms with Gasteiger partial charge in [0.1, 0.15) is 0 Å². The van der Waals surface area contributed by atoms with E-state index in [-0.39, 0.29) is 6.15 Å². The monoisotopic (exact) mass is 899 g/mol. The third kappa shape index (κ3) is 51000. The molecule has 0 bridgehead atoms. The van der Waals surface area contributed by atoms with Crippen LogP contribution in [0.4, 0.5) is 0 Å². The summed E-state index contributed by atoms with van der Waals surface area (Å²) < 4.78 is 284. The van der Waals surface area contributed by atoms with E-state index in [1.165, 1.54) is 0 Å². The van der Waals surface area contributed by atoms with Crippen LogP contribution in [0, 0.1) is 0 Å². The maximum Gasteiger partial charge on any atom is 0.394 e. The van der Waals surface area contributed by atoms with E-state index in [9.17, 15) is 0 Å². The summed E-state index contributed by atoms with van der Waals surface area (Å²) in [5.41, 5.74) is 0. The van der Waals surface area contributed by atoms with Gasteiger partial charge < -0.3 is 6.15 Å². The van der Waals surface area contributed by atoms with Gasteiger partial charge in [-0.25, -0.2) is 0 Å². The van der Waals surface area contributed by atoms with Gasteiger partial charge in [0, 0.05) is 0 Å². The summed E-state index contributed by atoms with van der Waals surface area (Å²) in [4.78, 5) is 0. The molecule has 0 aliphatic heterocycles. The zero-order chi connectivity index (χ0) is 40.5. The van der Waals surface area contributed by atoms with E-state index in [1.807, 2.05) is 0 Å². The van der Waals surface area contributed by atoms with Gasteiger partial charge in [-0.15, -0.1) is 0 Å². The summed E-state index contributed by atoms with van der Waals surface area (Å²) in [6.07, 6.45) is 0. The zero-order valence-electron chi connectivity index (χ0n) is 19.8. The standard InChI is InChI=1S/H3N.9H2O4S/c;9*1-5(2,3)4/h1H3;9*(H2,1,2,3,4). The first kappa shape index (κ1) is 71.0. The fourth-order valence-electron chi connectivity index (χ4n) is 0. The Morgan fingerprint density at radius 2 is 0.152 bits per heavy atom. The fourth-order valence-corrected chi connectivity index (χ4v) is 0. The normalized spacial score (nSPS) is 11.3. The summed E-state index contributed by atoms with van der Waals surface area (Å²) in [5.74, 6) is 0. The van der Waals surface area contributed by atoms with Gasteiger partial charge in [0.25, 0.3) is 0 Å². The van der Waals surface area contributed by atoms with E-state index in [0.717, 1.165) is 0 Å². The Hall–Kier alpha value is -1.21. The highest BCUT2D eigenvalue weighted by Crippen LogP contribution is 1.62. The second-order valence-corrected chi connectivity index (χ2v) is 12.1. The molecule has 46 heavy (non-hydrogen) atoms. The van der Waals surface area contributed by atoms with E-state index in [1.54, 1.807) is 0 Å². The molecule has 0 aliphatic carbocycles. The first-order valence-electron chi connectivity index (χ1n) is 6.29. The van der Waals surface area contributed by atoms with Crippen molar-refractivity contribution >= 4 is 93.6 Å². The van der Waals surface area contributed by atoms with Gasteiger partial charge in [0.2, 0.25) is 0 Å². The molecule has 46 heteroatoms. The summed E-state index contributed by atoms with van der Waals surface area (Å²) in [7, 11) is -42.0.